The number of benzene rings is 2. The van der Waals surface area contributed by atoms with Crippen molar-refractivity contribution < 1.29 is 29.0 Å². The van der Waals surface area contributed by atoms with Crippen molar-refractivity contribution in [2.24, 2.45) is 0 Å². The topological polar surface area (TPSA) is 131 Å². The zero-order valence-corrected chi connectivity index (χ0v) is 19.9. The van der Waals surface area contributed by atoms with E-state index in [0.717, 1.165) is 16.0 Å². The molecule has 3 aromatic rings. The predicted octanol–water partition coefficient (Wildman–Crippen LogP) is 3.36. The minimum absolute atomic E-state index is 0.136. The maximum absolute atomic E-state index is 12.7. The molecule has 0 aliphatic rings. The Hall–Kier alpha value is -4.21. The van der Waals surface area contributed by atoms with Crippen molar-refractivity contribution in [3.05, 3.63) is 65.5 Å². The van der Waals surface area contributed by atoms with Crippen LogP contribution in [0.15, 0.2) is 48.5 Å². The molecule has 1 heterocycles. The van der Waals surface area contributed by atoms with E-state index in [9.17, 15) is 19.2 Å². The molecule has 1 aromatic heterocycles. The Balaban J connectivity index is 2.02. The van der Waals surface area contributed by atoms with E-state index in [1.165, 1.54) is 14.2 Å². The van der Waals surface area contributed by atoms with Crippen LogP contribution in [0.25, 0.3) is 11.0 Å². The molecule has 3 rings (SSSR count). The molecule has 3 amide bonds. The van der Waals surface area contributed by atoms with Gasteiger partial charge in [-0.05, 0) is 30.2 Å². The van der Waals surface area contributed by atoms with Crippen molar-refractivity contribution in [1.82, 2.24) is 19.8 Å². The quantitative estimate of drug-likeness (QED) is 0.480. The first-order chi connectivity index (χ1) is 16.7. The molecule has 0 bridgehead atoms. The van der Waals surface area contributed by atoms with Crippen LogP contribution in [0.3, 0.4) is 0 Å². The second-order valence-electron chi connectivity index (χ2n) is 8.00. The van der Waals surface area contributed by atoms with Crippen molar-refractivity contribution in [2.75, 3.05) is 14.2 Å². The summed E-state index contributed by atoms with van der Waals surface area (Å²) in [6.45, 7) is 2.37. The summed E-state index contributed by atoms with van der Waals surface area (Å²) >= 11 is 0. The monoisotopic (exact) mass is 480 g/mol. The number of aromatic nitrogens is 2. The molecule has 0 spiro atoms. The van der Waals surface area contributed by atoms with Gasteiger partial charge in [-0.25, -0.2) is 14.7 Å². The van der Waals surface area contributed by atoms with Crippen LogP contribution in [0.4, 0.5) is 4.79 Å². The number of carbonyl (C=O) groups excluding carboxylic acids is 3. The number of carboxylic acid groups (broad SMARTS) is 1. The lowest BCUT2D eigenvalue weighted by atomic mass is 10.1. The van der Waals surface area contributed by atoms with E-state index in [2.05, 4.69) is 10.1 Å². The van der Waals surface area contributed by atoms with Gasteiger partial charge in [0.1, 0.15) is 5.82 Å². The first kappa shape index (κ1) is 25.4. The van der Waals surface area contributed by atoms with Crippen LogP contribution in [0, 0.1) is 0 Å². The number of aliphatic carboxylic acids is 1. The third-order valence-corrected chi connectivity index (χ3v) is 5.58. The van der Waals surface area contributed by atoms with E-state index in [-0.39, 0.29) is 24.3 Å². The van der Waals surface area contributed by atoms with Crippen LogP contribution in [-0.4, -0.2) is 57.6 Å². The number of ether oxygens (including phenoxy) is 1. The van der Waals surface area contributed by atoms with Crippen LogP contribution >= 0.6 is 0 Å². The lowest BCUT2D eigenvalue weighted by Gasteiger charge is -2.19. The van der Waals surface area contributed by atoms with E-state index in [1.54, 1.807) is 18.2 Å². The number of carbonyl (C=O) groups is 4. The fourth-order valence-electron chi connectivity index (χ4n) is 3.73. The number of carboxylic acids is 1. The number of nitrogens with zero attached hydrogens (tertiary/aromatic N) is 3. The number of hydrogen-bond acceptors (Lipinski definition) is 6. The van der Waals surface area contributed by atoms with Crippen molar-refractivity contribution in [2.45, 2.75) is 38.8 Å². The molecule has 0 fully saturated rings. The number of imidazole rings is 1. The molecular formula is C25H28N4O6. The summed E-state index contributed by atoms with van der Waals surface area (Å²) in [5, 5.41) is 11.8. The molecule has 10 nitrogen and oxygen atoms in total. The number of hydrogen-bond donors (Lipinski definition) is 2. The molecule has 35 heavy (non-hydrogen) atoms. The number of methoxy groups -OCH3 is 1. The van der Waals surface area contributed by atoms with Gasteiger partial charge in [0.2, 0.25) is 5.91 Å². The van der Waals surface area contributed by atoms with Crippen LogP contribution < -0.4 is 5.32 Å². The Morgan fingerprint density at radius 1 is 1.11 bits per heavy atom. The van der Waals surface area contributed by atoms with Crippen molar-refractivity contribution in [3.63, 3.8) is 0 Å². The Labute approximate surface area is 202 Å². The molecule has 0 aliphatic heterocycles. The zero-order valence-electron chi connectivity index (χ0n) is 19.9. The highest BCUT2D eigenvalue weighted by Gasteiger charge is 2.24. The summed E-state index contributed by atoms with van der Waals surface area (Å²) in [6.07, 6.45) is -0.653. The van der Waals surface area contributed by atoms with Gasteiger partial charge in [0.15, 0.2) is 0 Å². The largest absolute Gasteiger partial charge is 0.481 e. The summed E-state index contributed by atoms with van der Waals surface area (Å²) in [5.41, 5.74) is 2.56. The highest BCUT2D eigenvalue weighted by molar-refractivity contribution is 6.04. The summed E-state index contributed by atoms with van der Waals surface area (Å²) in [4.78, 5) is 53.3. The van der Waals surface area contributed by atoms with Gasteiger partial charge >= 0.3 is 12.1 Å². The Morgan fingerprint density at radius 2 is 1.83 bits per heavy atom. The predicted molar refractivity (Wildman–Crippen MR) is 128 cm³/mol. The highest BCUT2D eigenvalue weighted by Crippen LogP contribution is 2.26. The lowest BCUT2D eigenvalue weighted by Crippen LogP contribution is -2.32. The highest BCUT2D eigenvalue weighted by atomic mass is 16.5. The van der Waals surface area contributed by atoms with Crippen molar-refractivity contribution in [3.8, 4) is 0 Å². The van der Waals surface area contributed by atoms with E-state index < -0.39 is 24.0 Å². The fraction of sp³-hybridized carbons (Fsp3) is 0.320. The van der Waals surface area contributed by atoms with Gasteiger partial charge in [-0.2, -0.15) is 0 Å². The molecule has 2 N–H and O–H groups in total. The van der Waals surface area contributed by atoms with E-state index in [0.29, 0.717) is 24.3 Å². The standard InChI is InChI=1S/C25H28N4O6/c1-4-18(26-21(30)12-13-22(31)32)23-27-19-14-17(24(33)28(2)25(34)35-3)10-11-20(19)29(23)15-16-8-6-5-7-9-16/h5-11,14,18H,4,12-13,15H2,1-3H3,(H,26,30)(H,31,32). The molecule has 0 saturated heterocycles. The van der Waals surface area contributed by atoms with Gasteiger partial charge in [0, 0.05) is 25.6 Å². The van der Waals surface area contributed by atoms with Crippen LogP contribution in [0.1, 0.15) is 54.0 Å². The van der Waals surface area contributed by atoms with E-state index >= 15 is 0 Å². The minimum Gasteiger partial charge on any atom is -0.481 e. The Morgan fingerprint density at radius 3 is 2.46 bits per heavy atom. The molecule has 0 radical (unpaired) electrons. The molecule has 0 aliphatic carbocycles. The SMILES string of the molecule is CCC(NC(=O)CCC(=O)O)c1nc2cc(C(=O)N(C)C(=O)OC)ccc2n1Cc1ccccc1. The second kappa shape index (κ2) is 11.3. The van der Waals surface area contributed by atoms with Crippen molar-refractivity contribution >= 4 is 34.9 Å². The third kappa shape index (κ3) is 6.03. The molecule has 2 aromatic carbocycles. The number of nitrogens with one attached hydrogen (secondary N) is 1. The molecule has 0 saturated carbocycles. The number of imide groups is 1. The molecule has 10 heteroatoms. The first-order valence-corrected chi connectivity index (χ1v) is 11.2. The Kier molecular flexibility index (Phi) is 8.19. The third-order valence-electron chi connectivity index (χ3n) is 5.58. The van der Waals surface area contributed by atoms with E-state index in [4.69, 9.17) is 10.1 Å². The van der Waals surface area contributed by atoms with Gasteiger partial charge < -0.3 is 19.7 Å². The van der Waals surface area contributed by atoms with Crippen LogP contribution in [0.5, 0.6) is 0 Å². The Bertz CT molecular complexity index is 1240. The second-order valence-corrected chi connectivity index (χ2v) is 8.00. The summed E-state index contributed by atoms with van der Waals surface area (Å²) < 4.78 is 6.59. The first-order valence-electron chi connectivity index (χ1n) is 11.2. The summed E-state index contributed by atoms with van der Waals surface area (Å²) in [5.74, 6) is -1.38. The van der Waals surface area contributed by atoms with Crippen LogP contribution in [0.2, 0.25) is 0 Å². The normalized spacial score (nSPS) is 11.6. The molecular weight excluding hydrogens is 452 g/mol. The number of fused-ring (bicyclic) bond motifs is 1. The van der Waals surface area contributed by atoms with Crippen molar-refractivity contribution in [1.29, 1.82) is 0 Å². The van der Waals surface area contributed by atoms with Crippen LogP contribution in [-0.2, 0) is 20.9 Å². The fourth-order valence-corrected chi connectivity index (χ4v) is 3.73. The van der Waals surface area contributed by atoms with Gasteiger partial charge in [0.25, 0.3) is 5.91 Å². The maximum atomic E-state index is 12.7. The van der Waals surface area contributed by atoms with E-state index in [1.807, 2.05) is 41.8 Å². The maximum Gasteiger partial charge on any atom is 0.416 e. The average molecular weight is 481 g/mol. The molecule has 1 unspecified atom stereocenters. The van der Waals surface area contributed by atoms with Gasteiger partial charge in [-0.1, -0.05) is 37.3 Å². The van der Waals surface area contributed by atoms with Gasteiger partial charge in [-0.3, -0.25) is 14.4 Å². The molecule has 1 atom stereocenters. The van der Waals surface area contributed by atoms with Gasteiger partial charge in [0.05, 0.1) is 30.6 Å². The summed E-state index contributed by atoms with van der Waals surface area (Å²) in [7, 11) is 2.53. The minimum atomic E-state index is -1.04. The zero-order chi connectivity index (χ0) is 25.5. The summed E-state index contributed by atoms with van der Waals surface area (Å²) in [6, 6.07) is 14.2. The molecule has 184 valence electrons. The number of amides is 3. The average Bonchev–Trinajstić information content (AvgIpc) is 3.22. The smallest absolute Gasteiger partial charge is 0.416 e. The van der Waals surface area contributed by atoms with Gasteiger partial charge in [-0.15, -0.1) is 0 Å². The lowest BCUT2D eigenvalue weighted by molar-refractivity contribution is -0.138. The number of rotatable bonds is 9.